The molecule has 0 aliphatic heterocycles. The Morgan fingerprint density at radius 3 is 2.25 bits per heavy atom. The number of anilines is 1. The van der Waals surface area contributed by atoms with Crippen LogP contribution in [0.3, 0.4) is 0 Å². The second-order valence-corrected chi connectivity index (χ2v) is 6.23. The maximum Gasteiger partial charge on any atom is 0.238 e. The molecule has 1 rings (SSSR count). The molecule has 134 valence electrons. The van der Waals surface area contributed by atoms with Crippen molar-refractivity contribution in [2.45, 2.75) is 32.7 Å². The van der Waals surface area contributed by atoms with E-state index in [0.717, 1.165) is 18.6 Å². The number of carbonyl (C=O) groups excluding carboxylic acids is 2. The molecule has 0 unspecified atom stereocenters. The third-order valence-corrected chi connectivity index (χ3v) is 3.50. The van der Waals surface area contributed by atoms with Gasteiger partial charge in [-0.1, -0.05) is 6.92 Å². The number of benzene rings is 1. The highest BCUT2D eigenvalue weighted by molar-refractivity contribution is 5.92. The first kappa shape index (κ1) is 20.0. The Morgan fingerprint density at radius 1 is 1.08 bits per heavy atom. The zero-order valence-corrected chi connectivity index (χ0v) is 14.2. The molecule has 1 aromatic rings. The van der Waals surface area contributed by atoms with Crippen molar-refractivity contribution in [2.75, 3.05) is 25.5 Å². The smallest absolute Gasteiger partial charge is 0.238 e. The highest BCUT2D eigenvalue weighted by Gasteiger charge is 2.20. The summed E-state index contributed by atoms with van der Waals surface area (Å²) in [5.74, 6) is -5.35. The van der Waals surface area contributed by atoms with Gasteiger partial charge in [0.1, 0.15) is 0 Å². The summed E-state index contributed by atoms with van der Waals surface area (Å²) in [6, 6.07) is 1.65. The monoisotopic (exact) mass is 345 g/mol. The van der Waals surface area contributed by atoms with Crippen LogP contribution in [0.2, 0.25) is 0 Å². The molecule has 0 heterocycles. The Hall–Kier alpha value is -2.09. The second-order valence-electron chi connectivity index (χ2n) is 6.23. The number of nitrogens with one attached hydrogen (secondary N) is 2. The minimum atomic E-state index is -1.65. The molecule has 0 spiro atoms. The first-order valence-electron chi connectivity index (χ1n) is 7.48. The van der Waals surface area contributed by atoms with E-state index in [-0.39, 0.29) is 24.5 Å². The normalized spacial score (nSPS) is 11.5. The molecule has 0 bridgehead atoms. The average molecular weight is 345 g/mol. The van der Waals surface area contributed by atoms with Crippen LogP contribution < -0.4 is 10.6 Å². The fraction of sp³-hybridized carbons (Fsp3) is 0.500. The number of likely N-dealkylation sites (N-methyl/N-ethyl adjacent to an activating group) is 1. The molecule has 0 fully saturated rings. The van der Waals surface area contributed by atoms with E-state index in [1.807, 2.05) is 20.8 Å². The molecule has 0 aliphatic carbocycles. The number of carbonyl (C=O) groups is 2. The van der Waals surface area contributed by atoms with Gasteiger partial charge in [0.25, 0.3) is 0 Å². The standard InChI is InChI=1S/C16H22F3N3O2/c1-5-16(2,3)21-13(24)9-22(4)8-12(23)20-11-7-6-10(17)14(18)15(11)19/h6-7H,5,8-9H2,1-4H3,(H,20,23)(H,21,24). The maximum atomic E-state index is 13.5. The van der Waals surface area contributed by atoms with Crippen molar-refractivity contribution in [1.82, 2.24) is 10.2 Å². The van der Waals surface area contributed by atoms with Crippen molar-refractivity contribution < 1.29 is 22.8 Å². The Bertz CT molecular complexity index is 621. The molecule has 8 heteroatoms. The van der Waals surface area contributed by atoms with E-state index in [1.54, 1.807) is 7.05 Å². The number of amides is 2. The largest absolute Gasteiger partial charge is 0.350 e. The van der Waals surface area contributed by atoms with Gasteiger partial charge in [-0.15, -0.1) is 0 Å². The molecule has 0 aliphatic rings. The Morgan fingerprint density at radius 2 is 1.67 bits per heavy atom. The number of rotatable bonds is 7. The zero-order valence-electron chi connectivity index (χ0n) is 14.2. The topological polar surface area (TPSA) is 61.4 Å². The Kier molecular flexibility index (Phi) is 6.77. The number of hydrogen-bond acceptors (Lipinski definition) is 3. The van der Waals surface area contributed by atoms with Crippen molar-refractivity contribution in [1.29, 1.82) is 0 Å². The van der Waals surface area contributed by atoms with Crippen molar-refractivity contribution in [3.63, 3.8) is 0 Å². The van der Waals surface area contributed by atoms with Crippen molar-refractivity contribution >= 4 is 17.5 Å². The first-order valence-corrected chi connectivity index (χ1v) is 7.48. The van der Waals surface area contributed by atoms with Gasteiger partial charge in [-0.25, -0.2) is 13.2 Å². The lowest BCUT2D eigenvalue weighted by Crippen LogP contribution is -2.47. The highest BCUT2D eigenvalue weighted by atomic mass is 19.2. The fourth-order valence-electron chi connectivity index (χ4n) is 1.86. The predicted molar refractivity (Wildman–Crippen MR) is 85.0 cm³/mol. The Labute approximate surface area is 139 Å². The summed E-state index contributed by atoms with van der Waals surface area (Å²) in [4.78, 5) is 25.1. The molecule has 0 saturated heterocycles. The van der Waals surface area contributed by atoms with Crippen molar-refractivity contribution in [2.24, 2.45) is 0 Å². The lowest BCUT2D eigenvalue weighted by Gasteiger charge is -2.26. The van der Waals surface area contributed by atoms with Crippen LogP contribution >= 0.6 is 0 Å². The third-order valence-electron chi connectivity index (χ3n) is 3.50. The van der Waals surface area contributed by atoms with Crippen LogP contribution in [-0.4, -0.2) is 42.4 Å². The summed E-state index contributed by atoms with van der Waals surface area (Å²) in [6.45, 7) is 5.45. The van der Waals surface area contributed by atoms with Gasteiger partial charge in [0.2, 0.25) is 11.8 Å². The second kappa shape index (κ2) is 8.14. The molecule has 2 amide bonds. The molecule has 0 radical (unpaired) electrons. The molecule has 2 N–H and O–H groups in total. The molecule has 5 nitrogen and oxygen atoms in total. The van der Waals surface area contributed by atoms with Crippen molar-refractivity contribution in [3.05, 3.63) is 29.6 Å². The van der Waals surface area contributed by atoms with Crippen LogP contribution in [0, 0.1) is 17.5 Å². The average Bonchev–Trinajstić information content (AvgIpc) is 2.47. The minimum Gasteiger partial charge on any atom is -0.350 e. The Balaban J connectivity index is 2.56. The minimum absolute atomic E-state index is 0.0306. The molecular weight excluding hydrogens is 323 g/mol. The SMILES string of the molecule is CCC(C)(C)NC(=O)CN(C)CC(=O)Nc1ccc(F)c(F)c1F. The van der Waals surface area contributed by atoms with Crippen LogP contribution in [0.15, 0.2) is 12.1 Å². The van der Waals surface area contributed by atoms with E-state index in [0.29, 0.717) is 0 Å². The molecule has 0 aromatic heterocycles. The maximum absolute atomic E-state index is 13.5. The third kappa shape index (κ3) is 5.84. The zero-order chi connectivity index (χ0) is 18.5. The number of halogens is 3. The van der Waals surface area contributed by atoms with Gasteiger partial charge in [-0.3, -0.25) is 14.5 Å². The first-order chi connectivity index (χ1) is 11.1. The van der Waals surface area contributed by atoms with Gasteiger partial charge < -0.3 is 10.6 Å². The molecule has 24 heavy (non-hydrogen) atoms. The van der Waals surface area contributed by atoms with Gasteiger partial charge in [-0.2, -0.15) is 0 Å². The predicted octanol–water partition coefficient (Wildman–Crippen LogP) is 2.28. The van der Waals surface area contributed by atoms with E-state index in [9.17, 15) is 22.8 Å². The summed E-state index contributed by atoms with van der Waals surface area (Å²) < 4.78 is 39.4. The lowest BCUT2D eigenvalue weighted by molar-refractivity contribution is -0.124. The van der Waals surface area contributed by atoms with E-state index >= 15 is 0 Å². The van der Waals surface area contributed by atoms with Gasteiger partial charge in [-0.05, 0) is 39.4 Å². The summed E-state index contributed by atoms with van der Waals surface area (Å²) in [5.41, 5.74) is -0.807. The van der Waals surface area contributed by atoms with Crippen LogP contribution in [0.5, 0.6) is 0 Å². The molecule has 1 aromatic carbocycles. The van der Waals surface area contributed by atoms with E-state index in [1.165, 1.54) is 4.90 Å². The van der Waals surface area contributed by atoms with E-state index in [2.05, 4.69) is 10.6 Å². The summed E-state index contributed by atoms with van der Waals surface area (Å²) >= 11 is 0. The van der Waals surface area contributed by atoms with Crippen LogP contribution in [-0.2, 0) is 9.59 Å². The van der Waals surface area contributed by atoms with Crippen LogP contribution in [0.1, 0.15) is 27.2 Å². The van der Waals surface area contributed by atoms with Gasteiger partial charge in [0.15, 0.2) is 17.5 Å². The van der Waals surface area contributed by atoms with E-state index in [4.69, 9.17) is 0 Å². The summed E-state index contributed by atoms with van der Waals surface area (Å²) in [6.07, 6.45) is 0.748. The summed E-state index contributed by atoms with van der Waals surface area (Å²) in [5, 5.41) is 4.97. The number of hydrogen-bond donors (Lipinski definition) is 2. The van der Waals surface area contributed by atoms with Crippen LogP contribution in [0.25, 0.3) is 0 Å². The molecule has 0 saturated carbocycles. The number of nitrogens with zero attached hydrogens (tertiary/aromatic N) is 1. The van der Waals surface area contributed by atoms with Crippen molar-refractivity contribution in [3.8, 4) is 0 Å². The van der Waals surface area contributed by atoms with Gasteiger partial charge >= 0.3 is 0 Å². The quantitative estimate of drug-likeness (QED) is 0.746. The van der Waals surface area contributed by atoms with E-state index < -0.39 is 29.0 Å². The molecular formula is C16H22F3N3O2. The lowest BCUT2D eigenvalue weighted by atomic mass is 10.0. The fourth-order valence-corrected chi connectivity index (χ4v) is 1.86. The van der Waals surface area contributed by atoms with Gasteiger partial charge in [0.05, 0.1) is 18.8 Å². The summed E-state index contributed by atoms with van der Waals surface area (Å²) in [7, 11) is 1.54. The van der Waals surface area contributed by atoms with Gasteiger partial charge in [0, 0.05) is 5.54 Å². The van der Waals surface area contributed by atoms with Crippen LogP contribution in [0.4, 0.5) is 18.9 Å². The highest BCUT2D eigenvalue weighted by Crippen LogP contribution is 2.19. The molecule has 0 atom stereocenters.